The lowest BCUT2D eigenvalue weighted by Gasteiger charge is -2.32. The standard InChI is InChI=1S/C23H29N3O3/c1-3-29-21-10-8-19(9-11-21)23(28)26-14-12-20(13-15-26)25-16-17-4-6-18(7-5-17)22(27)24-2/h4-11,20,25H,3,12-16H2,1-2H3,(H,24,27). The van der Waals surface area contributed by atoms with Crippen molar-refractivity contribution in [3.8, 4) is 5.75 Å². The van der Waals surface area contributed by atoms with Gasteiger partial charge in [-0.25, -0.2) is 0 Å². The highest BCUT2D eigenvalue weighted by atomic mass is 16.5. The molecule has 29 heavy (non-hydrogen) atoms. The van der Waals surface area contributed by atoms with E-state index in [0.717, 1.165) is 43.8 Å². The SMILES string of the molecule is CCOc1ccc(C(=O)N2CCC(NCc3ccc(C(=O)NC)cc3)CC2)cc1. The molecule has 1 aliphatic rings. The molecule has 1 heterocycles. The van der Waals surface area contributed by atoms with Crippen molar-refractivity contribution in [2.24, 2.45) is 0 Å². The summed E-state index contributed by atoms with van der Waals surface area (Å²) in [5, 5.41) is 6.19. The van der Waals surface area contributed by atoms with Crippen LogP contribution in [0.5, 0.6) is 5.75 Å². The van der Waals surface area contributed by atoms with Crippen LogP contribution in [0.2, 0.25) is 0 Å². The monoisotopic (exact) mass is 395 g/mol. The first-order chi connectivity index (χ1) is 14.1. The number of likely N-dealkylation sites (tertiary alicyclic amines) is 1. The Bertz CT molecular complexity index is 810. The molecule has 1 saturated heterocycles. The average Bonchev–Trinajstić information content (AvgIpc) is 2.78. The predicted octanol–water partition coefficient (Wildman–Crippen LogP) is 2.84. The predicted molar refractivity (Wildman–Crippen MR) is 113 cm³/mol. The van der Waals surface area contributed by atoms with E-state index >= 15 is 0 Å². The fourth-order valence-electron chi connectivity index (χ4n) is 3.51. The molecule has 6 heteroatoms. The zero-order chi connectivity index (χ0) is 20.6. The van der Waals surface area contributed by atoms with Gasteiger partial charge in [0.15, 0.2) is 0 Å². The van der Waals surface area contributed by atoms with Crippen LogP contribution in [0.1, 0.15) is 46.0 Å². The lowest BCUT2D eigenvalue weighted by atomic mass is 10.0. The minimum Gasteiger partial charge on any atom is -0.494 e. The van der Waals surface area contributed by atoms with Crippen molar-refractivity contribution in [1.29, 1.82) is 0 Å². The van der Waals surface area contributed by atoms with E-state index in [2.05, 4.69) is 10.6 Å². The molecule has 0 aliphatic carbocycles. The molecule has 0 saturated carbocycles. The minimum atomic E-state index is -0.0749. The lowest BCUT2D eigenvalue weighted by Crippen LogP contribution is -2.44. The molecule has 2 N–H and O–H groups in total. The number of piperidine rings is 1. The maximum atomic E-state index is 12.7. The third-order valence-corrected chi connectivity index (χ3v) is 5.23. The van der Waals surface area contributed by atoms with Crippen molar-refractivity contribution in [1.82, 2.24) is 15.5 Å². The molecule has 0 unspecified atom stereocenters. The highest BCUT2D eigenvalue weighted by Crippen LogP contribution is 2.17. The maximum Gasteiger partial charge on any atom is 0.253 e. The van der Waals surface area contributed by atoms with Crippen molar-refractivity contribution >= 4 is 11.8 Å². The molecule has 1 aliphatic heterocycles. The van der Waals surface area contributed by atoms with Crippen LogP contribution < -0.4 is 15.4 Å². The van der Waals surface area contributed by atoms with Crippen LogP contribution in [0, 0.1) is 0 Å². The Morgan fingerprint density at radius 2 is 1.62 bits per heavy atom. The Morgan fingerprint density at radius 1 is 1.00 bits per heavy atom. The highest BCUT2D eigenvalue weighted by Gasteiger charge is 2.23. The van der Waals surface area contributed by atoms with Crippen LogP contribution in [0.25, 0.3) is 0 Å². The number of carbonyl (C=O) groups excluding carboxylic acids is 2. The lowest BCUT2D eigenvalue weighted by molar-refractivity contribution is 0.0704. The summed E-state index contributed by atoms with van der Waals surface area (Å²) in [5.41, 5.74) is 2.51. The molecule has 2 aromatic carbocycles. The fraction of sp³-hybridized carbons (Fsp3) is 0.391. The molecular weight excluding hydrogens is 366 g/mol. The van der Waals surface area contributed by atoms with Gasteiger partial charge < -0.3 is 20.3 Å². The second-order valence-electron chi connectivity index (χ2n) is 7.18. The van der Waals surface area contributed by atoms with Crippen LogP contribution in [0.15, 0.2) is 48.5 Å². The van der Waals surface area contributed by atoms with Crippen LogP contribution in [-0.2, 0) is 6.54 Å². The summed E-state index contributed by atoms with van der Waals surface area (Å²) >= 11 is 0. The minimum absolute atomic E-state index is 0.0749. The van der Waals surface area contributed by atoms with Crippen LogP contribution in [0.3, 0.4) is 0 Å². The smallest absolute Gasteiger partial charge is 0.253 e. The van der Waals surface area contributed by atoms with E-state index in [1.54, 1.807) is 7.05 Å². The van der Waals surface area contributed by atoms with E-state index in [1.165, 1.54) is 0 Å². The molecule has 2 amide bonds. The summed E-state index contributed by atoms with van der Waals surface area (Å²) in [5.74, 6) is 0.792. The molecule has 0 atom stereocenters. The number of carbonyl (C=O) groups is 2. The van der Waals surface area contributed by atoms with Crippen molar-refractivity contribution in [3.05, 3.63) is 65.2 Å². The number of nitrogens with one attached hydrogen (secondary N) is 2. The van der Waals surface area contributed by atoms with Gasteiger partial charge >= 0.3 is 0 Å². The van der Waals surface area contributed by atoms with Gasteiger partial charge in [0.1, 0.15) is 5.75 Å². The van der Waals surface area contributed by atoms with Gasteiger partial charge in [-0.05, 0) is 61.7 Å². The van der Waals surface area contributed by atoms with E-state index in [4.69, 9.17) is 4.74 Å². The van der Waals surface area contributed by atoms with Gasteiger partial charge in [-0.3, -0.25) is 9.59 Å². The summed E-state index contributed by atoms with van der Waals surface area (Å²) in [6.07, 6.45) is 1.86. The van der Waals surface area contributed by atoms with Crippen LogP contribution in [0.4, 0.5) is 0 Å². The number of amides is 2. The summed E-state index contributed by atoms with van der Waals surface area (Å²) in [7, 11) is 1.63. The van der Waals surface area contributed by atoms with Gasteiger partial charge in [0.25, 0.3) is 11.8 Å². The van der Waals surface area contributed by atoms with Gasteiger partial charge in [-0.1, -0.05) is 12.1 Å². The van der Waals surface area contributed by atoms with Gasteiger partial charge in [-0.2, -0.15) is 0 Å². The molecule has 154 valence electrons. The number of hydrogen-bond acceptors (Lipinski definition) is 4. The Kier molecular flexibility index (Phi) is 7.25. The van der Waals surface area contributed by atoms with Crippen LogP contribution >= 0.6 is 0 Å². The second-order valence-corrected chi connectivity index (χ2v) is 7.18. The number of ether oxygens (including phenoxy) is 1. The number of rotatable bonds is 7. The van der Waals surface area contributed by atoms with E-state index in [0.29, 0.717) is 23.8 Å². The zero-order valence-electron chi connectivity index (χ0n) is 17.1. The molecule has 1 fully saturated rings. The third kappa shape index (κ3) is 5.57. The first-order valence-electron chi connectivity index (χ1n) is 10.2. The van der Waals surface area contributed by atoms with Gasteiger partial charge in [0.05, 0.1) is 6.61 Å². The normalized spacial score (nSPS) is 14.5. The summed E-state index contributed by atoms with van der Waals surface area (Å²) in [6.45, 7) is 4.81. The molecule has 3 rings (SSSR count). The maximum absolute atomic E-state index is 12.7. The average molecular weight is 396 g/mol. The molecule has 0 radical (unpaired) electrons. The van der Waals surface area contributed by atoms with E-state index in [-0.39, 0.29) is 11.8 Å². The topological polar surface area (TPSA) is 70.7 Å². The summed E-state index contributed by atoms with van der Waals surface area (Å²) in [6, 6.07) is 15.4. The fourth-order valence-corrected chi connectivity index (χ4v) is 3.51. The molecule has 2 aromatic rings. The molecule has 0 bridgehead atoms. The third-order valence-electron chi connectivity index (χ3n) is 5.23. The van der Waals surface area contributed by atoms with Crippen LogP contribution in [-0.4, -0.2) is 49.5 Å². The summed E-state index contributed by atoms with van der Waals surface area (Å²) in [4.78, 5) is 26.2. The van der Waals surface area contributed by atoms with Crippen molar-refractivity contribution in [2.75, 3.05) is 26.7 Å². The second kappa shape index (κ2) is 10.1. The van der Waals surface area contributed by atoms with Crippen molar-refractivity contribution < 1.29 is 14.3 Å². The van der Waals surface area contributed by atoms with E-state index < -0.39 is 0 Å². The molecule has 0 aromatic heterocycles. The Morgan fingerprint density at radius 3 is 2.21 bits per heavy atom. The molecule has 0 spiro atoms. The first-order valence-corrected chi connectivity index (χ1v) is 10.2. The molecular formula is C23H29N3O3. The number of nitrogens with zero attached hydrogens (tertiary/aromatic N) is 1. The Hall–Kier alpha value is -2.86. The quantitative estimate of drug-likeness (QED) is 0.756. The Labute approximate surface area is 172 Å². The van der Waals surface area contributed by atoms with E-state index in [9.17, 15) is 9.59 Å². The van der Waals surface area contributed by atoms with Gasteiger partial charge in [-0.15, -0.1) is 0 Å². The first kappa shape index (κ1) is 20.9. The van der Waals surface area contributed by atoms with Crippen molar-refractivity contribution in [3.63, 3.8) is 0 Å². The van der Waals surface area contributed by atoms with E-state index in [1.807, 2.05) is 60.4 Å². The summed E-state index contributed by atoms with van der Waals surface area (Å²) < 4.78 is 5.43. The highest BCUT2D eigenvalue weighted by molar-refractivity contribution is 5.94. The Balaban J connectivity index is 1.45. The van der Waals surface area contributed by atoms with Gasteiger partial charge in [0.2, 0.25) is 0 Å². The zero-order valence-corrected chi connectivity index (χ0v) is 17.1. The number of benzene rings is 2. The van der Waals surface area contributed by atoms with Crippen molar-refractivity contribution in [2.45, 2.75) is 32.4 Å². The number of hydrogen-bond donors (Lipinski definition) is 2. The largest absolute Gasteiger partial charge is 0.494 e. The van der Waals surface area contributed by atoms with Gasteiger partial charge in [0, 0.05) is 43.9 Å². The molecule has 6 nitrogen and oxygen atoms in total.